The van der Waals surface area contributed by atoms with Crippen molar-refractivity contribution < 1.29 is 4.39 Å². The first-order chi connectivity index (χ1) is 5.27. The molecule has 0 heterocycles. The number of hydrogen-bond acceptors (Lipinski definition) is 0. The van der Waals surface area contributed by atoms with Gasteiger partial charge >= 0.3 is 0 Å². The molecule has 2 heteroatoms. The molecule has 0 spiro atoms. The predicted molar refractivity (Wildman–Crippen MR) is 43.9 cm³/mol. The van der Waals surface area contributed by atoms with Gasteiger partial charge in [0.1, 0.15) is 5.82 Å². The van der Waals surface area contributed by atoms with E-state index in [9.17, 15) is 4.39 Å². The van der Waals surface area contributed by atoms with Gasteiger partial charge in [-0.25, -0.2) is 4.39 Å². The topological polar surface area (TPSA) is 0 Å². The van der Waals surface area contributed by atoms with Crippen molar-refractivity contribution >= 4 is 11.6 Å². The molecular formula is C9H6ClF. The van der Waals surface area contributed by atoms with E-state index in [-0.39, 0.29) is 11.4 Å². The Morgan fingerprint density at radius 2 is 2.27 bits per heavy atom. The highest BCUT2D eigenvalue weighted by molar-refractivity contribution is 6.17. The fourth-order valence-electron chi connectivity index (χ4n) is 0.759. The molecule has 0 saturated carbocycles. The van der Waals surface area contributed by atoms with Gasteiger partial charge in [0, 0.05) is 5.88 Å². The molecule has 0 amide bonds. The third kappa shape index (κ3) is 1.72. The van der Waals surface area contributed by atoms with Crippen LogP contribution in [0.5, 0.6) is 0 Å². The van der Waals surface area contributed by atoms with Crippen LogP contribution in [0, 0.1) is 18.2 Å². The van der Waals surface area contributed by atoms with Crippen molar-refractivity contribution in [2.75, 3.05) is 0 Å². The molecule has 0 radical (unpaired) electrons. The summed E-state index contributed by atoms with van der Waals surface area (Å²) in [6.45, 7) is 0. The van der Waals surface area contributed by atoms with Gasteiger partial charge in [0.05, 0.1) is 5.56 Å². The van der Waals surface area contributed by atoms with E-state index in [1.54, 1.807) is 12.1 Å². The maximum Gasteiger partial charge on any atom is 0.139 e. The molecule has 1 aromatic rings. The van der Waals surface area contributed by atoms with Gasteiger partial charge in [-0.3, -0.25) is 0 Å². The Balaban J connectivity index is 3.12. The molecule has 0 aromatic heterocycles. The van der Waals surface area contributed by atoms with Crippen LogP contribution in [0.1, 0.15) is 11.1 Å². The van der Waals surface area contributed by atoms with E-state index < -0.39 is 0 Å². The minimum atomic E-state index is -0.384. The second-order valence-corrected chi connectivity index (χ2v) is 2.36. The molecule has 0 nitrogen and oxygen atoms in total. The Hall–Kier alpha value is -1.00. The standard InChI is InChI=1S/C9H6ClF/c1-2-8-4-3-7(6-10)5-9(8)11/h1,3-5H,6H2. The van der Waals surface area contributed by atoms with Gasteiger partial charge in [0.25, 0.3) is 0 Å². The van der Waals surface area contributed by atoms with Gasteiger partial charge in [-0.05, 0) is 17.7 Å². The summed E-state index contributed by atoms with van der Waals surface area (Å²) in [5, 5.41) is 0. The third-order valence-electron chi connectivity index (χ3n) is 1.34. The van der Waals surface area contributed by atoms with Crippen LogP contribution in [0.2, 0.25) is 0 Å². The normalized spacial score (nSPS) is 9.18. The smallest absolute Gasteiger partial charge is 0.139 e. The van der Waals surface area contributed by atoms with E-state index in [2.05, 4.69) is 5.92 Å². The highest BCUT2D eigenvalue weighted by Crippen LogP contribution is 2.10. The predicted octanol–water partition coefficient (Wildman–Crippen LogP) is 2.55. The second-order valence-electron chi connectivity index (χ2n) is 2.09. The Labute approximate surface area is 70.0 Å². The average molecular weight is 169 g/mol. The van der Waals surface area contributed by atoms with Gasteiger partial charge < -0.3 is 0 Å². The van der Waals surface area contributed by atoms with E-state index in [0.29, 0.717) is 5.88 Å². The Bertz CT molecular complexity index is 299. The molecule has 11 heavy (non-hydrogen) atoms. The lowest BCUT2D eigenvalue weighted by Crippen LogP contribution is -1.85. The molecule has 0 saturated heterocycles. The molecule has 1 aromatic carbocycles. The van der Waals surface area contributed by atoms with Gasteiger partial charge in [-0.15, -0.1) is 18.0 Å². The van der Waals surface area contributed by atoms with Crippen LogP contribution in [-0.4, -0.2) is 0 Å². The van der Waals surface area contributed by atoms with Crippen LogP contribution in [0.4, 0.5) is 4.39 Å². The lowest BCUT2D eigenvalue weighted by atomic mass is 10.1. The largest absolute Gasteiger partial charge is 0.206 e. The Morgan fingerprint density at radius 1 is 1.55 bits per heavy atom. The summed E-state index contributed by atoms with van der Waals surface area (Å²) in [5.41, 5.74) is 1.02. The Kier molecular flexibility index (Phi) is 2.51. The molecule has 0 aliphatic heterocycles. The average Bonchev–Trinajstić information content (AvgIpc) is 2.04. The Morgan fingerprint density at radius 3 is 2.73 bits per heavy atom. The van der Waals surface area contributed by atoms with Crippen LogP contribution in [0.3, 0.4) is 0 Å². The number of terminal acetylenes is 1. The molecule has 0 fully saturated rings. The molecule has 0 bridgehead atoms. The van der Waals surface area contributed by atoms with Crippen molar-refractivity contribution in [3.8, 4) is 12.3 Å². The van der Waals surface area contributed by atoms with Gasteiger partial charge in [-0.1, -0.05) is 12.0 Å². The molecule has 0 unspecified atom stereocenters. The summed E-state index contributed by atoms with van der Waals surface area (Å²) >= 11 is 5.48. The number of hydrogen-bond donors (Lipinski definition) is 0. The minimum absolute atomic E-state index is 0.277. The zero-order valence-corrected chi connectivity index (χ0v) is 6.53. The molecule has 0 N–H and O–H groups in total. The molecule has 56 valence electrons. The lowest BCUT2D eigenvalue weighted by Gasteiger charge is -1.96. The van der Waals surface area contributed by atoms with Crippen molar-refractivity contribution in [2.45, 2.75) is 5.88 Å². The third-order valence-corrected chi connectivity index (χ3v) is 1.65. The quantitative estimate of drug-likeness (QED) is 0.447. The molecule has 0 atom stereocenters. The molecule has 0 aliphatic carbocycles. The van der Waals surface area contributed by atoms with E-state index in [4.69, 9.17) is 18.0 Å². The summed E-state index contributed by atoms with van der Waals surface area (Å²) in [5.74, 6) is 2.15. The fraction of sp³-hybridized carbons (Fsp3) is 0.111. The highest BCUT2D eigenvalue weighted by atomic mass is 35.5. The van der Waals surface area contributed by atoms with Crippen LogP contribution in [-0.2, 0) is 5.88 Å². The van der Waals surface area contributed by atoms with Crippen LogP contribution < -0.4 is 0 Å². The monoisotopic (exact) mass is 168 g/mol. The van der Waals surface area contributed by atoms with Crippen molar-refractivity contribution in [3.63, 3.8) is 0 Å². The van der Waals surface area contributed by atoms with Crippen LogP contribution in [0.25, 0.3) is 0 Å². The maximum absolute atomic E-state index is 12.8. The zero-order chi connectivity index (χ0) is 8.27. The summed E-state index contributed by atoms with van der Waals surface area (Å²) in [6, 6.07) is 4.61. The van der Waals surface area contributed by atoms with Crippen molar-refractivity contribution in [1.82, 2.24) is 0 Å². The highest BCUT2D eigenvalue weighted by Gasteiger charge is 1.98. The first kappa shape index (κ1) is 8.10. The van der Waals surface area contributed by atoms with Gasteiger partial charge in [-0.2, -0.15) is 0 Å². The van der Waals surface area contributed by atoms with Crippen molar-refractivity contribution in [3.05, 3.63) is 35.1 Å². The molecule has 1 rings (SSSR count). The SMILES string of the molecule is C#Cc1ccc(CCl)cc1F. The lowest BCUT2D eigenvalue weighted by molar-refractivity contribution is 0.623. The summed E-state index contributed by atoms with van der Waals surface area (Å²) in [6.07, 6.45) is 5.02. The van der Waals surface area contributed by atoms with Gasteiger partial charge in [0.2, 0.25) is 0 Å². The fourth-order valence-corrected chi connectivity index (χ4v) is 0.925. The van der Waals surface area contributed by atoms with E-state index in [0.717, 1.165) is 5.56 Å². The number of benzene rings is 1. The summed E-state index contributed by atoms with van der Waals surface area (Å²) < 4.78 is 12.8. The summed E-state index contributed by atoms with van der Waals surface area (Å²) in [4.78, 5) is 0. The first-order valence-electron chi connectivity index (χ1n) is 3.09. The first-order valence-corrected chi connectivity index (χ1v) is 3.62. The second kappa shape index (κ2) is 3.41. The van der Waals surface area contributed by atoms with Crippen molar-refractivity contribution in [2.24, 2.45) is 0 Å². The van der Waals surface area contributed by atoms with E-state index in [1.807, 2.05) is 0 Å². The number of alkyl halides is 1. The number of halogens is 2. The maximum atomic E-state index is 12.8. The van der Waals surface area contributed by atoms with Gasteiger partial charge in [0.15, 0.2) is 0 Å². The molecule has 0 aliphatic rings. The van der Waals surface area contributed by atoms with E-state index >= 15 is 0 Å². The van der Waals surface area contributed by atoms with Crippen LogP contribution >= 0.6 is 11.6 Å². The van der Waals surface area contributed by atoms with Crippen LogP contribution in [0.15, 0.2) is 18.2 Å². The summed E-state index contributed by atoms with van der Waals surface area (Å²) in [7, 11) is 0. The minimum Gasteiger partial charge on any atom is -0.206 e. The van der Waals surface area contributed by atoms with E-state index in [1.165, 1.54) is 6.07 Å². The zero-order valence-electron chi connectivity index (χ0n) is 5.77. The number of rotatable bonds is 1. The molecular weight excluding hydrogens is 163 g/mol. The van der Waals surface area contributed by atoms with Crippen molar-refractivity contribution in [1.29, 1.82) is 0 Å².